The summed E-state index contributed by atoms with van der Waals surface area (Å²) in [6.45, 7) is 5.62. The SMILES string of the molecule is CC[C@@H](C)NC(=O)[C@@H](C)NC(=O)c1ccc(I)cc1. The highest BCUT2D eigenvalue weighted by Crippen LogP contribution is 2.06. The Morgan fingerprint density at radius 2 is 1.74 bits per heavy atom. The fraction of sp³-hybridized carbons (Fsp3) is 0.429. The second-order valence-electron chi connectivity index (χ2n) is 4.52. The van der Waals surface area contributed by atoms with Crippen molar-refractivity contribution in [3.8, 4) is 0 Å². The summed E-state index contributed by atoms with van der Waals surface area (Å²) in [5.41, 5.74) is 0.559. The number of nitrogens with one attached hydrogen (secondary N) is 2. The summed E-state index contributed by atoms with van der Waals surface area (Å²) in [4.78, 5) is 23.7. The molecule has 1 aromatic carbocycles. The number of halogens is 1. The third-order valence-electron chi connectivity index (χ3n) is 2.85. The van der Waals surface area contributed by atoms with Crippen molar-refractivity contribution in [3.05, 3.63) is 33.4 Å². The van der Waals surface area contributed by atoms with E-state index in [0.717, 1.165) is 9.99 Å². The molecular formula is C14H19IN2O2. The first kappa shape index (κ1) is 15.9. The molecule has 4 nitrogen and oxygen atoms in total. The van der Waals surface area contributed by atoms with E-state index in [4.69, 9.17) is 0 Å². The molecule has 2 N–H and O–H groups in total. The zero-order chi connectivity index (χ0) is 14.4. The van der Waals surface area contributed by atoms with Gasteiger partial charge in [0.15, 0.2) is 0 Å². The van der Waals surface area contributed by atoms with Crippen LogP contribution in [-0.2, 0) is 4.79 Å². The van der Waals surface area contributed by atoms with Gasteiger partial charge in [0.2, 0.25) is 5.91 Å². The quantitative estimate of drug-likeness (QED) is 0.778. The fourth-order valence-electron chi connectivity index (χ4n) is 1.42. The van der Waals surface area contributed by atoms with E-state index in [1.54, 1.807) is 19.1 Å². The first-order chi connectivity index (χ1) is 8.93. The van der Waals surface area contributed by atoms with E-state index in [1.807, 2.05) is 26.0 Å². The smallest absolute Gasteiger partial charge is 0.251 e. The van der Waals surface area contributed by atoms with Crippen LogP contribution in [0.25, 0.3) is 0 Å². The Morgan fingerprint density at radius 1 is 1.16 bits per heavy atom. The van der Waals surface area contributed by atoms with Crippen molar-refractivity contribution >= 4 is 34.4 Å². The highest BCUT2D eigenvalue weighted by Gasteiger charge is 2.17. The van der Waals surface area contributed by atoms with Gasteiger partial charge >= 0.3 is 0 Å². The van der Waals surface area contributed by atoms with Crippen molar-refractivity contribution in [2.24, 2.45) is 0 Å². The first-order valence-corrected chi connectivity index (χ1v) is 7.38. The lowest BCUT2D eigenvalue weighted by molar-refractivity contribution is -0.123. The second kappa shape index (κ2) is 7.47. The molecule has 0 aliphatic heterocycles. The van der Waals surface area contributed by atoms with Gasteiger partial charge in [0.25, 0.3) is 5.91 Å². The summed E-state index contributed by atoms with van der Waals surface area (Å²) < 4.78 is 1.07. The van der Waals surface area contributed by atoms with Crippen molar-refractivity contribution < 1.29 is 9.59 Å². The van der Waals surface area contributed by atoms with E-state index in [1.165, 1.54) is 0 Å². The molecule has 0 saturated carbocycles. The predicted octanol–water partition coefficient (Wildman–Crippen LogP) is 2.32. The molecule has 0 aliphatic rings. The minimum atomic E-state index is -0.541. The molecule has 19 heavy (non-hydrogen) atoms. The van der Waals surface area contributed by atoms with Crippen LogP contribution in [0.15, 0.2) is 24.3 Å². The van der Waals surface area contributed by atoms with Gasteiger partial charge in [-0.3, -0.25) is 9.59 Å². The van der Waals surface area contributed by atoms with E-state index >= 15 is 0 Å². The van der Waals surface area contributed by atoms with Crippen molar-refractivity contribution in [1.82, 2.24) is 10.6 Å². The largest absolute Gasteiger partial charge is 0.352 e. The molecule has 2 amide bonds. The summed E-state index contributed by atoms with van der Waals surface area (Å²) in [6.07, 6.45) is 0.865. The molecule has 0 bridgehead atoms. The Morgan fingerprint density at radius 3 is 2.26 bits per heavy atom. The average Bonchev–Trinajstić information content (AvgIpc) is 2.38. The van der Waals surface area contributed by atoms with Crippen LogP contribution in [0, 0.1) is 3.57 Å². The lowest BCUT2D eigenvalue weighted by Crippen LogP contribution is -2.47. The van der Waals surface area contributed by atoms with Crippen LogP contribution in [-0.4, -0.2) is 23.9 Å². The first-order valence-electron chi connectivity index (χ1n) is 6.30. The number of amides is 2. The van der Waals surface area contributed by atoms with Crippen LogP contribution in [0.5, 0.6) is 0 Å². The molecule has 104 valence electrons. The third-order valence-corrected chi connectivity index (χ3v) is 3.57. The Bertz CT molecular complexity index is 445. The lowest BCUT2D eigenvalue weighted by atomic mass is 10.2. The molecule has 0 unspecified atom stereocenters. The number of carbonyl (C=O) groups is 2. The molecule has 0 saturated heterocycles. The lowest BCUT2D eigenvalue weighted by Gasteiger charge is -2.17. The van der Waals surface area contributed by atoms with Gasteiger partial charge in [-0.2, -0.15) is 0 Å². The summed E-state index contributed by atoms with van der Waals surface area (Å²) in [5.74, 6) is -0.392. The van der Waals surface area contributed by atoms with Crippen LogP contribution < -0.4 is 10.6 Å². The summed E-state index contributed by atoms with van der Waals surface area (Å²) in [7, 11) is 0. The van der Waals surface area contributed by atoms with Gasteiger partial charge in [-0.25, -0.2) is 0 Å². The minimum Gasteiger partial charge on any atom is -0.352 e. The minimum absolute atomic E-state index is 0.116. The normalized spacial score (nSPS) is 13.5. The van der Waals surface area contributed by atoms with Gasteiger partial charge in [0.05, 0.1) is 0 Å². The third kappa shape index (κ3) is 5.18. The number of benzene rings is 1. The molecule has 0 heterocycles. The Kier molecular flexibility index (Phi) is 6.27. The average molecular weight is 374 g/mol. The van der Waals surface area contributed by atoms with Gasteiger partial charge < -0.3 is 10.6 Å². The molecular weight excluding hydrogens is 355 g/mol. The van der Waals surface area contributed by atoms with Gasteiger partial charge in [-0.15, -0.1) is 0 Å². The number of hydrogen-bond acceptors (Lipinski definition) is 2. The predicted molar refractivity (Wildman–Crippen MR) is 84.0 cm³/mol. The molecule has 1 aromatic rings. The van der Waals surface area contributed by atoms with Crippen LogP contribution in [0.2, 0.25) is 0 Å². The van der Waals surface area contributed by atoms with Gasteiger partial charge in [0.1, 0.15) is 6.04 Å². The zero-order valence-electron chi connectivity index (χ0n) is 11.4. The van der Waals surface area contributed by atoms with Crippen molar-refractivity contribution in [2.45, 2.75) is 39.3 Å². The van der Waals surface area contributed by atoms with Crippen LogP contribution in [0.4, 0.5) is 0 Å². The topological polar surface area (TPSA) is 58.2 Å². The molecule has 0 aromatic heterocycles. The maximum absolute atomic E-state index is 11.9. The molecule has 0 aliphatic carbocycles. The Balaban J connectivity index is 2.56. The highest BCUT2D eigenvalue weighted by molar-refractivity contribution is 14.1. The zero-order valence-corrected chi connectivity index (χ0v) is 13.5. The fourth-order valence-corrected chi connectivity index (χ4v) is 1.78. The van der Waals surface area contributed by atoms with E-state index in [-0.39, 0.29) is 17.9 Å². The van der Waals surface area contributed by atoms with Gasteiger partial charge in [0, 0.05) is 15.2 Å². The van der Waals surface area contributed by atoms with Gasteiger partial charge in [-0.05, 0) is 67.1 Å². The molecule has 5 heteroatoms. The molecule has 0 fully saturated rings. The molecule has 1 rings (SSSR count). The Hall–Kier alpha value is -1.11. The number of carbonyl (C=O) groups excluding carboxylic acids is 2. The Labute approximate surface area is 127 Å². The standard InChI is InChI=1S/C14H19IN2O2/c1-4-9(2)16-13(18)10(3)17-14(19)11-5-7-12(15)8-6-11/h5-10H,4H2,1-3H3,(H,16,18)(H,17,19)/t9-,10-/m1/s1. The van der Waals surface area contributed by atoms with Gasteiger partial charge in [-0.1, -0.05) is 6.92 Å². The van der Waals surface area contributed by atoms with Crippen LogP contribution in [0.1, 0.15) is 37.6 Å². The van der Waals surface area contributed by atoms with E-state index in [2.05, 4.69) is 33.2 Å². The second-order valence-corrected chi connectivity index (χ2v) is 5.77. The summed E-state index contributed by atoms with van der Waals surface area (Å²) in [6, 6.07) is 6.79. The van der Waals surface area contributed by atoms with Crippen molar-refractivity contribution in [2.75, 3.05) is 0 Å². The maximum atomic E-state index is 11.9. The molecule has 2 atom stereocenters. The van der Waals surface area contributed by atoms with Crippen LogP contribution >= 0.6 is 22.6 Å². The van der Waals surface area contributed by atoms with E-state index in [0.29, 0.717) is 5.56 Å². The van der Waals surface area contributed by atoms with E-state index in [9.17, 15) is 9.59 Å². The van der Waals surface area contributed by atoms with Crippen LogP contribution in [0.3, 0.4) is 0 Å². The molecule has 0 spiro atoms. The number of rotatable bonds is 5. The molecule has 0 radical (unpaired) electrons. The summed E-state index contributed by atoms with van der Waals surface area (Å²) >= 11 is 2.18. The van der Waals surface area contributed by atoms with E-state index < -0.39 is 6.04 Å². The highest BCUT2D eigenvalue weighted by atomic mass is 127. The van der Waals surface area contributed by atoms with Crippen molar-refractivity contribution in [3.63, 3.8) is 0 Å². The van der Waals surface area contributed by atoms with Crippen molar-refractivity contribution in [1.29, 1.82) is 0 Å². The number of hydrogen-bond donors (Lipinski definition) is 2. The summed E-state index contributed by atoms with van der Waals surface area (Å²) in [5, 5.41) is 5.53. The maximum Gasteiger partial charge on any atom is 0.251 e. The monoisotopic (exact) mass is 374 g/mol.